The van der Waals surface area contributed by atoms with Crippen LogP contribution in [0.3, 0.4) is 0 Å². The molecule has 9 heteroatoms. The predicted molar refractivity (Wildman–Crippen MR) is 120 cm³/mol. The molecule has 0 saturated carbocycles. The molecule has 3 rings (SSSR count). The Morgan fingerprint density at radius 2 is 1.70 bits per heavy atom. The monoisotopic (exact) mass is 463 g/mol. The fourth-order valence-electron chi connectivity index (χ4n) is 3.74. The first-order valence-electron chi connectivity index (χ1n) is 10.9. The summed E-state index contributed by atoms with van der Waals surface area (Å²) >= 11 is 0. The second-order valence-electron chi connectivity index (χ2n) is 7.81. The zero-order valence-electron chi connectivity index (χ0n) is 18.5. The van der Waals surface area contributed by atoms with E-state index in [2.05, 4.69) is 10.2 Å². The van der Waals surface area contributed by atoms with Crippen molar-refractivity contribution in [2.24, 2.45) is 0 Å². The van der Waals surface area contributed by atoms with Crippen LogP contribution in [0.5, 0.6) is 0 Å². The third-order valence-electron chi connectivity index (χ3n) is 5.57. The number of anilines is 2. The van der Waals surface area contributed by atoms with Crippen molar-refractivity contribution in [2.75, 3.05) is 49.6 Å². The number of alkyl halides is 3. The molecule has 33 heavy (non-hydrogen) atoms. The van der Waals surface area contributed by atoms with Gasteiger partial charge in [-0.2, -0.15) is 13.2 Å². The van der Waals surface area contributed by atoms with Gasteiger partial charge in [0.15, 0.2) is 0 Å². The fraction of sp³-hybridized carbons (Fsp3) is 0.417. The summed E-state index contributed by atoms with van der Waals surface area (Å²) in [4.78, 5) is 28.4. The smallest absolute Gasteiger partial charge is 0.378 e. The van der Waals surface area contributed by atoms with Crippen LogP contribution < -0.4 is 10.2 Å². The number of rotatable bonds is 8. The van der Waals surface area contributed by atoms with Crippen molar-refractivity contribution < 1.29 is 27.5 Å². The van der Waals surface area contributed by atoms with E-state index in [9.17, 15) is 22.8 Å². The van der Waals surface area contributed by atoms with Gasteiger partial charge in [-0.05, 0) is 36.8 Å². The van der Waals surface area contributed by atoms with E-state index in [1.54, 1.807) is 25.1 Å². The molecule has 178 valence electrons. The Hall–Kier alpha value is -3.07. The molecule has 1 aliphatic heterocycles. The molecule has 0 bridgehead atoms. The topological polar surface area (TPSA) is 61.9 Å². The summed E-state index contributed by atoms with van der Waals surface area (Å²) in [6, 6.07) is 14.6. The second kappa shape index (κ2) is 11.2. The van der Waals surface area contributed by atoms with Gasteiger partial charge < -0.3 is 19.9 Å². The lowest BCUT2D eigenvalue weighted by Crippen LogP contribution is -2.39. The van der Waals surface area contributed by atoms with Gasteiger partial charge in [-0.25, -0.2) is 0 Å². The zero-order valence-corrected chi connectivity index (χ0v) is 18.5. The zero-order chi connectivity index (χ0) is 23.8. The highest BCUT2D eigenvalue weighted by Gasteiger charge is 2.42. The molecule has 2 aromatic rings. The van der Waals surface area contributed by atoms with Gasteiger partial charge in [0, 0.05) is 37.4 Å². The molecular weight excluding hydrogens is 435 g/mol. The Bertz CT molecular complexity index is 914. The van der Waals surface area contributed by atoms with Gasteiger partial charge in [0.25, 0.3) is 0 Å². The lowest BCUT2D eigenvalue weighted by Gasteiger charge is -2.29. The van der Waals surface area contributed by atoms with Crippen LogP contribution in [0.4, 0.5) is 24.5 Å². The lowest BCUT2D eigenvalue weighted by molar-refractivity contribution is -0.160. The molecular formula is C24H28F3N3O3. The molecule has 2 amide bonds. The number of hydrogen-bond acceptors (Lipinski definition) is 4. The minimum Gasteiger partial charge on any atom is -0.378 e. The van der Waals surface area contributed by atoms with E-state index in [1.807, 2.05) is 12.1 Å². The van der Waals surface area contributed by atoms with Gasteiger partial charge in [0.1, 0.15) is 0 Å². The molecule has 1 saturated heterocycles. The van der Waals surface area contributed by atoms with E-state index < -0.39 is 30.3 Å². The average molecular weight is 464 g/mol. The third-order valence-corrected chi connectivity index (χ3v) is 5.57. The second-order valence-corrected chi connectivity index (χ2v) is 7.81. The quantitative estimate of drug-likeness (QED) is 0.642. The largest absolute Gasteiger partial charge is 0.396 e. The van der Waals surface area contributed by atoms with Crippen LogP contribution in [0.1, 0.15) is 24.8 Å². The number of nitrogens with one attached hydrogen (secondary N) is 1. The first kappa shape index (κ1) is 24.6. The van der Waals surface area contributed by atoms with Crippen LogP contribution in [0.25, 0.3) is 0 Å². The van der Waals surface area contributed by atoms with Gasteiger partial charge in [0.05, 0.1) is 25.7 Å². The minimum atomic E-state index is -4.57. The maximum Gasteiger partial charge on any atom is 0.396 e. The van der Waals surface area contributed by atoms with Gasteiger partial charge in [-0.3, -0.25) is 9.59 Å². The summed E-state index contributed by atoms with van der Waals surface area (Å²) in [6.07, 6.45) is -5.32. The lowest BCUT2D eigenvalue weighted by atomic mass is 9.94. The summed E-state index contributed by atoms with van der Waals surface area (Å²) in [5, 5.41) is 2.71. The SMILES string of the molecule is CCN(CC(=O)Nc1ccc(N2CCOCC2)cc1)C(=O)CC(c1ccccc1)C(F)(F)F. The summed E-state index contributed by atoms with van der Waals surface area (Å²) in [5.74, 6) is -3.11. The molecule has 1 heterocycles. The third kappa shape index (κ3) is 6.95. The van der Waals surface area contributed by atoms with Crippen molar-refractivity contribution in [2.45, 2.75) is 25.4 Å². The normalized spacial score (nSPS) is 15.1. The molecule has 0 spiro atoms. The summed E-state index contributed by atoms with van der Waals surface area (Å²) in [6.45, 7) is 4.36. The number of carbonyl (C=O) groups excluding carboxylic acids is 2. The Balaban J connectivity index is 1.58. The molecule has 1 unspecified atom stereocenters. The van der Waals surface area contributed by atoms with Crippen molar-refractivity contribution in [3.05, 3.63) is 60.2 Å². The number of morpholine rings is 1. The van der Waals surface area contributed by atoms with E-state index in [0.29, 0.717) is 18.9 Å². The summed E-state index contributed by atoms with van der Waals surface area (Å²) in [5.41, 5.74) is 1.60. The standard InChI is InChI=1S/C24H28F3N3O3/c1-2-29(23(32)16-21(24(25,26)27)18-6-4-3-5-7-18)17-22(31)28-19-8-10-20(11-9-19)30-12-14-33-15-13-30/h3-11,21H,2,12-17H2,1H3,(H,28,31). The maximum absolute atomic E-state index is 13.6. The van der Waals surface area contributed by atoms with Gasteiger partial charge in [-0.1, -0.05) is 30.3 Å². The van der Waals surface area contributed by atoms with E-state index in [-0.39, 0.29) is 18.7 Å². The number of ether oxygens (including phenoxy) is 1. The van der Waals surface area contributed by atoms with Crippen LogP contribution in [0.2, 0.25) is 0 Å². The number of benzene rings is 2. The van der Waals surface area contributed by atoms with E-state index in [1.165, 1.54) is 24.3 Å². The van der Waals surface area contributed by atoms with Crippen LogP contribution in [0, 0.1) is 0 Å². The highest BCUT2D eigenvalue weighted by atomic mass is 19.4. The highest BCUT2D eigenvalue weighted by Crippen LogP contribution is 2.37. The van der Waals surface area contributed by atoms with Gasteiger partial charge >= 0.3 is 6.18 Å². The van der Waals surface area contributed by atoms with Crippen LogP contribution in [0.15, 0.2) is 54.6 Å². The first-order valence-corrected chi connectivity index (χ1v) is 10.9. The van der Waals surface area contributed by atoms with Gasteiger partial charge in [0.2, 0.25) is 11.8 Å². The number of amides is 2. The highest BCUT2D eigenvalue weighted by molar-refractivity contribution is 5.94. The van der Waals surface area contributed by atoms with E-state index in [4.69, 9.17) is 4.74 Å². The van der Waals surface area contributed by atoms with Crippen molar-refractivity contribution in [3.63, 3.8) is 0 Å². The molecule has 0 aromatic heterocycles. The molecule has 2 aromatic carbocycles. The van der Waals surface area contributed by atoms with Crippen LogP contribution >= 0.6 is 0 Å². The molecule has 1 aliphatic rings. The molecule has 6 nitrogen and oxygen atoms in total. The average Bonchev–Trinajstić information content (AvgIpc) is 2.81. The molecule has 1 fully saturated rings. The first-order chi connectivity index (χ1) is 15.8. The Labute approximate surface area is 191 Å². The Kier molecular flexibility index (Phi) is 8.32. The minimum absolute atomic E-state index is 0.0270. The van der Waals surface area contributed by atoms with Crippen molar-refractivity contribution >= 4 is 23.2 Å². The van der Waals surface area contributed by atoms with Crippen LogP contribution in [-0.2, 0) is 14.3 Å². The number of likely N-dealkylation sites (N-methyl/N-ethyl adjacent to an activating group) is 1. The van der Waals surface area contributed by atoms with E-state index >= 15 is 0 Å². The predicted octanol–water partition coefficient (Wildman–Crippen LogP) is 4.05. The maximum atomic E-state index is 13.6. The molecule has 1 N–H and O–H groups in total. The Morgan fingerprint density at radius 3 is 2.27 bits per heavy atom. The van der Waals surface area contributed by atoms with Crippen LogP contribution in [-0.4, -0.2) is 62.3 Å². The van der Waals surface area contributed by atoms with E-state index in [0.717, 1.165) is 23.7 Å². The van der Waals surface area contributed by atoms with Gasteiger partial charge in [-0.15, -0.1) is 0 Å². The Morgan fingerprint density at radius 1 is 1.06 bits per heavy atom. The van der Waals surface area contributed by atoms with Crippen molar-refractivity contribution in [1.82, 2.24) is 4.90 Å². The molecule has 1 atom stereocenters. The number of hydrogen-bond donors (Lipinski definition) is 1. The number of carbonyl (C=O) groups is 2. The van der Waals surface area contributed by atoms with Crippen molar-refractivity contribution in [3.8, 4) is 0 Å². The summed E-state index contributed by atoms with van der Waals surface area (Å²) in [7, 11) is 0. The van der Waals surface area contributed by atoms with Crippen molar-refractivity contribution in [1.29, 1.82) is 0 Å². The number of nitrogens with zero attached hydrogens (tertiary/aromatic N) is 2. The number of halogens is 3. The molecule has 0 radical (unpaired) electrons. The molecule has 0 aliphatic carbocycles. The summed E-state index contributed by atoms with van der Waals surface area (Å²) < 4.78 is 46.1. The fourth-order valence-corrected chi connectivity index (χ4v) is 3.74.